The molecule has 0 saturated heterocycles. The van der Waals surface area contributed by atoms with Gasteiger partial charge in [0.25, 0.3) is 0 Å². The molecule has 0 aliphatic heterocycles. The molecule has 14 heteroatoms. The number of hydrogen-bond acceptors (Lipinski definition) is 13. The number of alkyl carbamates (subject to hydrolysis) is 1. The van der Waals surface area contributed by atoms with Gasteiger partial charge in [-0.05, 0) is 52.8 Å². The molecule has 0 fully saturated rings. The average Bonchev–Trinajstić information content (AvgIpc) is 3.66. The highest BCUT2D eigenvalue weighted by Crippen LogP contribution is 2.44. The third-order valence-corrected chi connectivity index (χ3v) is 10.7. The van der Waals surface area contributed by atoms with Crippen molar-refractivity contribution in [1.29, 1.82) is 0 Å². The minimum Gasteiger partial charge on any atom is -0.491 e. The number of carbonyl (C=O) groups is 1. The van der Waals surface area contributed by atoms with Crippen LogP contribution in [0.1, 0.15) is 74.5 Å². The molecule has 3 aromatic carbocycles. The van der Waals surface area contributed by atoms with Gasteiger partial charge in [0.05, 0.1) is 132 Å². The van der Waals surface area contributed by atoms with Crippen LogP contribution in [0.2, 0.25) is 0 Å². The Labute approximate surface area is 394 Å². The third-order valence-electron chi connectivity index (χ3n) is 10.7. The van der Waals surface area contributed by atoms with Crippen molar-refractivity contribution in [2.24, 2.45) is 0 Å². The van der Waals surface area contributed by atoms with Gasteiger partial charge >= 0.3 is 6.09 Å². The van der Waals surface area contributed by atoms with Gasteiger partial charge in [0.1, 0.15) is 19.0 Å². The predicted octanol–water partition coefficient (Wildman–Crippen LogP) is 8.06. The maximum atomic E-state index is 12.3. The molecule has 4 rings (SSSR count). The Kier molecular flexibility index (Phi) is 31.9. The molecule has 0 heterocycles. The molecule has 0 aromatic heterocycles. The van der Waals surface area contributed by atoms with Gasteiger partial charge in [-0.1, -0.05) is 106 Å². The van der Waals surface area contributed by atoms with E-state index in [1.165, 1.54) is 72.8 Å². The monoisotopic (exact) mass is 926 g/mol. The highest BCUT2D eigenvalue weighted by Gasteiger charge is 2.29. The second kappa shape index (κ2) is 38.3. The van der Waals surface area contributed by atoms with Crippen molar-refractivity contribution in [3.8, 4) is 16.9 Å². The topological polar surface area (TPSA) is 140 Å². The number of carbonyl (C=O) groups excluding carboxylic acids is 1. The summed E-state index contributed by atoms with van der Waals surface area (Å²) in [6.45, 7) is 13.1. The van der Waals surface area contributed by atoms with Crippen LogP contribution in [0.3, 0.4) is 0 Å². The number of rotatable bonds is 44. The summed E-state index contributed by atoms with van der Waals surface area (Å²) in [5.74, 6) is 0.917. The third kappa shape index (κ3) is 25.5. The van der Waals surface area contributed by atoms with E-state index in [1.54, 1.807) is 0 Å². The molecular formula is C52H79NO13. The van der Waals surface area contributed by atoms with E-state index in [-0.39, 0.29) is 12.5 Å². The van der Waals surface area contributed by atoms with E-state index < -0.39 is 6.09 Å². The molecule has 0 radical (unpaired) electrons. The molecule has 1 N–H and O–H groups in total. The van der Waals surface area contributed by atoms with Crippen molar-refractivity contribution >= 4 is 6.09 Å². The molecule has 0 unspecified atom stereocenters. The predicted molar refractivity (Wildman–Crippen MR) is 255 cm³/mol. The van der Waals surface area contributed by atoms with Crippen molar-refractivity contribution in [2.75, 3.05) is 152 Å². The summed E-state index contributed by atoms with van der Waals surface area (Å²) in [4.78, 5) is 12.3. The summed E-state index contributed by atoms with van der Waals surface area (Å²) >= 11 is 0. The minimum absolute atomic E-state index is 0.0351. The standard InChI is InChI=1S/C52H79NO13/c1-2-3-4-5-6-7-8-13-45-18-20-46(21-19-45)65-43-42-64-41-40-63-39-38-62-37-36-61-35-34-60-33-32-59-31-30-58-29-28-57-27-26-56-25-24-55-23-22-53-52(54)66-44-51-49-16-11-9-14-47(49)48-15-10-12-17-50(48)51/h9-12,14-21,51H,2-8,13,22-44H2,1H3,(H,53,54). The van der Waals surface area contributed by atoms with Crippen LogP contribution in [0.15, 0.2) is 72.8 Å². The number of amides is 1. The molecular weight excluding hydrogens is 847 g/mol. The van der Waals surface area contributed by atoms with Crippen molar-refractivity contribution in [3.05, 3.63) is 89.5 Å². The fraction of sp³-hybridized carbons (Fsp3) is 0.635. The van der Waals surface area contributed by atoms with Gasteiger partial charge in [0.2, 0.25) is 0 Å². The maximum absolute atomic E-state index is 12.3. The highest BCUT2D eigenvalue weighted by atomic mass is 16.6. The molecule has 0 atom stereocenters. The second-order valence-corrected chi connectivity index (χ2v) is 15.7. The summed E-state index contributed by atoms with van der Waals surface area (Å²) in [7, 11) is 0. The summed E-state index contributed by atoms with van der Waals surface area (Å²) in [6, 6.07) is 25.0. The normalized spacial score (nSPS) is 12.1. The van der Waals surface area contributed by atoms with Crippen LogP contribution in [0.4, 0.5) is 4.79 Å². The first kappa shape index (κ1) is 54.9. The van der Waals surface area contributed by atoms with Crippen LogP contribution >= 0.6 is 0 Å². The molecule has 0 spiro atoms. The zero-order valence-corrected chi connectivity index (χ0v) is 39.7. The molecule has 14 nitrogen and oxygen atoms in total. The Morgan fingerprint density at radius 3 is 1.26 bits per heavy atom. The summed E-state index contributed by atoms with van der Waals surface area (Å²) in [5.41, 5.74) is 6.15. The zero-order valence-electron chi connectivity index (χ0n) is 39.7. The highest BCUT2D eigenvalue weighted by molar-refractivity contribution is 5.79. The van der Waals surface area contributed by atoms with Gasteiger partial charge < -0.3 is 62.2 Å². The van der Waals surface area contributed by atoms with Crippen LogP contribution in [0, 0.1) is 0 Å². The Morgan fingerprint density at radius 2 is 0.818 bits per heavy atom. The van der Waals surface area contributed by atoms with Gasteiger partial charge in [-0.3, -0.25) is 0 Å². The van der Waals surface area contributed by atoms with E-state index in [1.807, 2.05) is 24.3 Å². The minimum atomic E-state index is -0.452. The first-order valence-corrected chi connectivity index (χ1v) is 24.3. The number of hydrogen-bond donors (Lipinski definition) is 1. The lowest BCUT2D eigenvalue weighted by Crippen LogP contribution is -2.29. The van der Waals surface area contributed by atoms with Gasteiger partial charge in [-0.15, -0.1) is 0 Å². The lowest BCUT2D eigenvalue weighted by atomic mass is 9.98. The number of benzene rings is 3. The van der Waals surface area contributed by atoms with Crippen molar-refractivity contribution in [3.63, 3.8) is 0 Å². The van der Waals surface area contributed by atoms with Crippen molar-refractivity contribution in [2.45, 2.75) is 64.2 Å². The molecule has 0 bridgehead atoms. The average molecular weight is 926 g/mol. The summed E-state index contributed by atoms with van der Waals surface area (Å²) < 4.78 is 66.8. The van der Waals surface area contributed by atoms with Gasteiger partial charge in [0, 0.05) is 12.5 Å². The number of aryl methyl sites for hydroxylation is 1. The van der Waals surface area contributed by atoms with Gasteiger partial charge in [-0.2, -0.15) is 0 Å². The summed E-state index contributed by atoms with van der Waals surface area (Å²) in [6.07, 6.45) is 10.0. The van der Waals surface area contributed by atoms with E-state index in [4.69, 9.17) is 56.8 Å². The zero-order chi connectivity index (χ0) is 46.2. The largest absolute Gasteiger partial charge is 0.491 e. The van der Waals surface area contributed by atoms with Crippen LogP contribution in [-0.4, -0.2) is 158 Å². The molecule has 3 aromatic rings. The molecule has 1 aliphatic rings. The number of unbranched alkanes of at least 4 members (excludes halogenated alkanes) is 6. The van der Waals surface area contributed by atoms with E-state index in [9.17, 15) is 4.79 Å². The van der Waals surface area contributed by atoms with Crippen LogP contribution in [0.5, 0.6) is 5.75 Å². The number of nitrogens with one attached hydrogen (secondary N) is 1. The Morgan fingerprint density at radius 1 is 0.439 bits per heavy atom. The number of fused-ring (bicyclic) bond motifs is 3. The van der Waals surface area contributed by atoms with E-state index in [2.05, 4.69) is 60.8 Å². The van der Waals surface area contributed by atoms with Crippen molar-refractivity contribution in [1.82, 2.24) is 5.32 Å². The molecule has 370 valence electrons. The quantitative estimate of drug-likeness (QED) is 0.0548. The number of ether oxygens (including phenoxy) is 12. The molecule has 66 heavy (non-hydrogen) atoms. The van der Waals surface area contributed by atoms with Crippen LogP contribution in [-0.2, 0) is 58.5 Å². The smallest absolute Gasteiger partial charge is 0.407 e. The Bertz CT molecular complexity index is 1570. The van der Waals surface area contributed by atoms with E-state index in [0.717, 1.165) is 12.2 Å². The van der Waals surface area contributed by atoms with E-state index >= 15 is 0 Å². The van der Waals surface area contributed by atoms with E-state index in [0.29, 0.717) is 145 Å². The summed E-state index contributed by atoms with van der Waals surface area (Å²) in [5, 5.41) is 2.75. The van der Waals surface area contributed by atoms with Crippen molar-refractivity contribution < 1.29 is 61.6 Å². The Hall–Kier alpha value is -3.67. The lowest BCUT2D eigenvalue weighted by molar-refractivity contribution is -0.0266. The maximum Gasteiger partial charge on any atom is 0.407 e. The van der Waals surface area contributed by atoms with Gasteiger partial charge in [0.15, 0.2) is 0 Å². The lowest BCUT2D eigenvalue weighted by Gasteiger charge is -2.14. The van der Waals surface area contributed by atoms with Gasteiger partial charge in [-0.25, -0.2) is 4.79 Å². The Balaban J connectivity index is 0.768. The van der Waals surface area contributed by atoms with Crippen LogP contribution < -0.4 is 10.1 Å². The molecule has 1 amide bonds. The first-order valence-electron chi connectivity index (χ1n) is 24.3. The first-order chi connectivity index (χ1) is 32.8. The fourth-order valence-electron chi connectivity index (χ4n) is 7.21. The SMILES string of the molecule is CCCCCCCCCc1ccc(OCCOCCOCCOCCOCCOCCOCCOCCOCCOCCOCCNC(=O)OCC2c3ccccc3-c3ccccc32)cc1. The fourth-order valence-corrected chi connectivity index (χ4v) is 7.21. The molecule has 1 aliphatic carbocycles. The second-order valence-electron chi connectivity index (χ2n) is 15.7. The molecule has 0 saturated carbocycles. The van der Waals surface area contributed by atoms with Crippen LogP contribution in [0.25, 0.3) is 11.1 Å².